The summed E-state index contributed by atoms with van der Waals surface area (Å²) >= 11 is 0. The van der Waals surface area contributed by atoms with Gasteiger partial charge in [-0.05, 0) is 17.4 Å². The quantitative estimate of drug-likeness (QED) is 0.524. The monoisotopic (exact) mass is 150 g/mol. The van der Waals surface area contributed by atoms with Crippen LogP contribution in [0.15, 0.2) is 24.3 Å². The number of allylic oxidation sites excluding steroid dienone is 3. The number of rotatable bonds is 1. The molecular weight excluding hydrogens is 136 g/mol. The Morgan fingerprint density at radius 1 is 1.73 bits per heavy atom. The normalized spacial score (nSPS) is 28.5. The first-order valence-electron chi connectivity index (χ1n) is 3.88. The molecule has 0 fully saturated rings. The van der Waals surface area contributed by atoms with E-state index in [0.29, 0.717) is 0 Å². The fourth-order valence-corrected chi connectivity index (χ4v) is 1.36. The molecular formula is C10H14O. The van der Waals surface area contributed by atoms with Crippen LogP contribution >= 0.6 is 0 Å². The topological polar surface area (TPSA) is 17.1 Å². The van der Waals surface area contributed by atoms with Crippen molar-refractivity contribution >= 4 is 6.29 Å². The lowest BCUT2D eigenvalue weighted by molar-refractivity contribution is -0.110. The maximum absolute atomic E-state index is 10.6. The molecule has 1 heteroatoms. The van der Waals surface area contributed by atoms with Gasteiger partial charge < -0.3 is 4.79 Å². The summed E-state index contributed by atoms with van der Waals surface area (Å²) in [6.07, 6.45) is 5.97. The highest BCUT2D eigenvalue weighted by molar-refractivity contribution is 5.61. The zero-order chi connectivity index (χ0) is 8.48. The second-order valence-corrected chi connectivity index (χ2v) is 3.84. The molecule has 1 rings (SSSR count). The number of aldehydes is 1. The van der Waals surface area contributed by atoms with Crippen molar-refractivity contribution in [3.8, 4) is 0 Å². The summed E-state index contributed by atoms with van der Waals surface area (Å²) in [4.78, 5) is 10.6. The van der Waals surface area contributed by atoms with E-state index >= 15 is 0 Å². The first-order chi connectivity index (χ1) is 5.05. The van der Waals surface area contributed by atoms with E-state index in [1.807, 2.05) is 6.08 Å². The third kappa shape index (κ3) is 1.79. The van der Waals surface area contributed by atoms with Crippen LogP contribution in [0.4, 0.5) is 0 Å². The van der Waals surface area contributed by atoms with Crippen molar-refractivity contribution in [2.24, 2.45) is 11.3 Å². The minimum Gasteiger partial charge on any atom is -0.303 e. The van der Waals surface area contributed by atoms with E-state index in [1.165, 1.54) is 0 Å². The average molecular weight is 150 g/mol. The molecule has 1 aliphatic carbocycles. The van der Waals surface area contributed by atoms with Crippen LogP contribution in [-0.2, 0) is 4.79 Å². The number of hydrogen-bond donors (Lipinski definition) is 0. The van der Waals surface area contributed by atoms with Gasteiger partial charge in [-0.1, -0.05) is 32.6 Å². The zero-order valence-corrected chi connectivity index (χ0v) is 7.13. The van der Waals surface area contributed by atoms with E-state index < -0.39 is 0 Å². The van der Waals surface area contributed by atoms with Crippen molar-refractivity contribution in [3.63, 3.8) is 0 Å². The SMILES string of the molecule is C=C1C=CC(C)(C)CC1C=O. The van der Waals surface area contributed by atoms with Gasteiger partial charge in [0.15, 0.2) is 0 Å². The molecule has 1 atom stereocenters. The fraction of sp³-hybridized carbons (Fsp3) is 0.500. The Kier molecular flexibility index (Phi) is 1.99. The molecule has 0 saturated heterocycles. The molecule has 0 radical (unpaired) electrons. The molecule has 0 spiro atoms. The van der Waals surface area contributed by atoms with Crippen molar-refractivity contribution in [1.82, 2.24) is 0 Å². The molecule has 11 heavy (non-hydrogen) atoms. The van der Waals surface area contributed by atoms with E-state index in [4.69, 9.17) is 0 Å². The fourth-order valence-electron chi connectivity index (χ4n) is 1.36. The molecule has 1 aliphatic rings. The highest BCUT2D eigenvalue weighted by Gasteiger charge is 2.25. The lowest BCUT2D eigenvalue weighted by Gasteiger charge is -2.28. The average Bonchev–Trinajstić information content (AvgIpc) is 1.94. The minimum absolute atomic E-state index is 0.0370. The second kappa shape index (κ2) is 2.65. The van der Waals surface area contributed by atoms with Crippen LogP contribution in [0.3, 0.4) is 0 Å². The van der Waals surface area contributed by atoms with Crippen LogP contribution in [-0.4, -0.2) is 6.29 Å². The highest BCUT2D eigenvalue weighted by Crippen LogP contribution is 2.34. The van der Waals surface area contributed by atoms with Crippen molar-refractivity contribution in [1.29, 1.82) is 0 Å². The summed E-state index contributed by atoms with van der Waals surface area (Å²) in [5, 5.41) is 0. The predicted octanol–water partition coefficient (Wildman–Crippen LogP) is 2.34. The van der Waals surface area contributed by atoms with Gasteiger partial charge in [0.05, 0.1) is 0 Å². The Balaban J connectivity index is 2.83. The molecule has 0 aromatic carbocycles. The summed E-state index contributed by atoms with van der Waals surface area (Å²) in [5.74, 6) is 0.0370. The lowest BCUT2D eigenvalue weighted by atomic mass is 9.76. The van der Waals surface area contributed by atoms with E-state index in [1.54, 1.807) is 0 Å². The molecule has 0 aromatic heterocycles. The first kappa shape index (κ1) is 8.25. The lowest BCUT2D eigenvalue weighted by Crippen LogP contribution is -2.20. The zero-order valence-electron chi connectivity index (χ0n) is 7.13. The third-order valence-electron chi connectivity index (χ3n) is 2.14. The standard InChI is InChI=1S/C10H14O/c1-8-4-5-10(2,3)6-9(8)7-11/h4-5,7,9H,1,6H2,2-3H3. The van der Waals surface area contributed by atoms with E-state index in [0.717, 1.165) is 18.3 Å². The molecule has 60 valence electrons. The van der Waals surface area contributed by atoms with Crippen LogP contribution in [0.5, 0.6) is 0 Å². The van der Waals surface area contributed by atoms with E-state index in [-0.39, 0.29) is 11.3 Å². The summed E-state index contributed by atoms with van der Waals surface area (Å²) < 4.78 is 0. The Hall–Kier alpha value is -0.850. The molecule has 0 heterocycles. The van der Waals surface area contributed by atoms with Gasteiger partial charge in [-0.15, -0.1) is 0 Å². The largest absolute Gasteiger partial charge is 0.303 e. The molecule has 1 nitrogen and oxygen atoms in total. The van der Waals surface area contributed by atoms with Gasteiger partial charge in [-0.25, -0.2) is 0 Å². The van der Waals surface area contributed by atoms with Crippen LogP contribution in [0.1, 0.15) is 20.3 Å². The van der Waals surface area contributed by atoms with Gasteiger partial charge >= 0.3 is 0 Å². The molecule has 0 bridgehead atoms. The molecule has 0 aliphatic heterocycles. The van der Waals surface area contributed by atoms with Crippen LogP contribution in [0.25, 0.3) is 0 Å². The highest BCUT2D eigenvalue weighted by atomic mass is 16.1. The predicted molar refractivity (Wildman–Crippen MR) is 46.2 cm³/mol. The first-order valence-corrected chi connectivity index (χ1v) is 3.88. The Morgan fingerprint density at radius 3 is 2.82 bits per heavy atom. The molecule has 0 aromatic rings. The van der Waals surface area contributed by atoms with E-state index in [9.17, 15) is 4.79 Å². The summed E-state index contributed by atoms with van der Waals surface area (Å²) in [6, 6.07) is 0. The van der Waals surface area contributed by atoms with Crippen LogP contribution in [0, 0.1) is 11.3 Å². The van der Waals surface area contributed by atoms with Gasteiger partial charge in [0.1, 0.15) is 6.29 Å². The van der Waals surface area contributed by atoms with Gasteiger partial charge in [0.2, 0.25) is 0 Å². The number of carbonyl (C=O) groups is 1. The second-order valence-electron chi connectivity index (χ2n) is 3.84. The van der Waals surface area contributed by atoms with Crippen molar-refractivity contribution in [2.45, 2.75) is 20.3 Å². The third-order valence-corrected chi connectivity index (χ3v) is 2.14. The van der Waals surface area contributed by atoms with Crippen molar-refractivity contribution in [2.75, 3.05) is 0 Å². The van der Waals surface area contributed by atoms with E-state index in [2.05, 4.69) is 26.5 Å². The van der Waals surface area contributed by atoms with Gasteiger partial charge in [-0.3, -0.25) is 0 Å². The molecule has 0 saturated carbocycles. The molecule has 0 N–H and O–H groups in total. The summed E-state index contributed by atoms with van der Waals surface area (Å²) in [6.45, 7) is 8.08. The van der Waals surface area contributed by atoms with Crippen LogP contribution < -0.4 is 0 Å². The van der Waals surface area contributed by atoms with Crippen molar-refractivity contribution in [3.05, 3.63) is 24.3 Å². The number of carbonyl (C=O) groups excluding carboxylic acids is 1. The Bertz CT molecular complexity index is 211. The summed E-state index contributed by atoms with van der Waals surface area (Å²) in [5.41, 5.74) is 1.10. The Morgan fingerprint density at radius 2 is 2.36 bits per heavy atom. The van der Waals surface area contributed by atoms with Gasteiger partial charge in [-0.2, -0.15) is 0 Å². The summed E-state index contributed by atoms with van der Waals surface area (Å²) in [7, 11) is 0. The smallest absolute Gasteiger partial charge is 0.127 e. The van der Waals surface area contributed by atoms with Gasteiger partial charge in [0.25, 0.3) is 0 Å². The maximum atomic E-state index is 10.6. The Labute approximate surface area is 67.8 Å². The molecule has 1 unspecified atom stereocenters. The van der Waals surface area contributed by atoms with Gasteiger partial charge in [0, 0.05) is 5.92 Å². The van der Waals surface area contributed by atoms with Crippen LogP contribution in [0.2, 0.25) is 0 Å². The maximum Gasteiger partial charge on any atom is 0.127 e. The number of hydrogen-bond acceptors (Lipinski definition) is 1. The van der Waals surface area contributed by atoms with Crippen molar-refractivity contribution < 1.29 is 4.79 Å². The minimum atomic E-state index is 0.0370. The molecule has 0 amide bonds.